The number of hydrogen-bond donors (Lipinski definition) is 4. The highest BCUT2D eigenvalue weighted by Gasteiger charge is 2.24. The van der Waals surface area contributed by atoms with Crippen LogP contribution in [0.1, 0.15) is 11.1 Å². The van der Waals surface area contributed by atoms with Crippen LogP contribution >= 0.6 is 0 Å². The summed E-state index contributed by atoms with van der Waals surface area (Å²) < 4.78 is 11.2. The fourth-order valence-corrected chi connectivity index (χ4v) is 3.20. The Labute approximate surface area is 151 Å². The van der Waals surface area contributed by atoms with Gasteiger partial charge in [-0.1, -0.05) is 6.07 Å². The van der Waals surface area contributed by atoms with Crippen LogP contribution in [0.2, 0.25) is 0 Å². The van der Waals surface area contributed by atoms with Gasteiger partial charge in [-0.15, -0.1) is 0 Å². The van der Waals surface area contributed by atoms with E-state index in [1.54, 1.807) is 0 Å². The van der Waals surface area contributed by atoms with Gasteiger partial charge < -0.3 is 29.5 Å². The number of quaternary nitrogens is 2. The topological polar surface area (TPSA) is 67.8 Å². The lowest BCUT2D eigenvalue weighted by Crippen LogP contribution is -3.28. The quantitative estimate of drug-likeness (QED) is 0.361. The van der Waals surface area contributed by atoms with Gasteiger partial charge in [-0.05, 0) is 37.1 Å². The number of rotatable bonds is 10. The van der Waals surface area contributed by atoms with Gasteiger partial charge in [0.15, 0.2) is 0 Å². The molecule has 1 heterocycles. The third kappa shape index (κ3) is 7.30. The number of piperazine rings is 1. The smallest absolute Gasteiger partial charge is 0.127 e. The van der Waals surface area contributed by atoms with Crippen molar-refractivity contribution < 1.29 is 29.5 Å². The molecular formula is C19H34N2O4+2. The van der Waals surface area contributed by atoms with Gasteiger partial charge in [0.1, 0.15) is 57.7 Å². The second-order valence-corrected chi connectivity index (χ2v) is 7.00. The molecule has 1 saturated heterocycles. The minimum Gasteiger partial charge on any atom is -0.491 e. The summed E-state index contributed by atoms with van der Waals surface area (Å²) in [4.78, 5) is 2.88. The molecule has 0 amide bonds. The van der Waals surface area contributed by atoms with Gasteiger partial charge in [-0.3, -0.25) is 0 Å². The minimum atomic E-state index is -0.434. The van der Waals surface area contributed by atoms with Gasteiger partial charge in [-0.25, -0.2) is 0 Å². The third-order valence-electron chi connectivity index (χ3n) is 4.94. The summed E-state index contributed by atoms with van der Waals surface area (Å²) in [5.74, 6) is 0.861. The van der Waals surface area contributed by atoms with Crippen molar-refractivity contribution >= 4 is 0 Å². The largest absolute Gasteiger partial charge is 0.491 e. The second kappa shape index (κ2) is 10.7. The lowest BCUT2D eigenvalue weighted by molar-refractivity contribution is -1.01. The summed E-state index contributed by atoms with van der Waals surface area (Å²) in [5, 5.41) is 19.1. The molecule has 0 saturated carbocycles. The van der Waals surface area contributed by atoms with E-state index in [1.807, 2.05) is 12.1 Å². The van der Waals surface area contributed by atoms with E-state index in [0.717, 1.165) is 45.0 Å². The van der Waals surface area contributed by atoms with Gasteiger partial charge in [0.2, 0.25) is 0 Å². The zero-order chi connectivity index (χ0) is 18.1. The van der Waals surface area contributed by atoms with Crippen molar-refractivity contribution in [2.45, 2.75) is 20.0 Å². The molecule has 6 heteroatoms. The van der Waals surface area contributed by atoms with Crippen molar-refractivity contribution in [3.63, 3.8) is 0 Å². The van der Waals surface area contributed by atoms with E-state index in [4.69, 9.17) is 14.6 Å². The highest BCUT2D eigenvalue weighted by molar-refractivity contribution is 5.33. The molecule has 1 aliphatic heterocycles. The summed E-state index contributed by atoms with van der Waals surface area (Å²) in [5.41, 5.74) is 2.48. The number of ether oxygens (including phenoxy) is 2. The molecular weight excluding hydrogens is 320 g/mol. The average molecular weight is 354 g/mol. The molecule has 0 bridgehead atoms. The molecule has 2 rings (SSSR count). The highest BCUT2D eigenvalue weighted by Crippen LogP contribution is 2.16. The predicted octanol–water partition coefficient (Wildman–Crippen LogP) is -2.16. The van der Waals surface area contributed by atoms with Gasteiger partial charge in [0, 0.05) is 0 Å². The number of hydrogen-bond acceptors (Lipinski definition) is 4. The van der Waals surface area contributed by atoms with E-state index >= 15 is 0 Å². The van der Waals surface area contributed by atoms with Crippen molar-refractivity contribution in [1.29, 1.82) is 0 Å². The highest BCUT2D eigenvalue weighted by atomic mass is 16.5. The molecule has 0 spiro atoms. The van der Waals surface area contributed by atoms with Crippen LogP contribution in [0.4, 0.5) is 0 Å². The van der Waals surface area contributed by atoms with E-state index < -0.39 is 6.10 Å². The summed E-state index contributed by atoms with van der Waals surface area (Å²) in [6.07, 6.45) is -0.434. The first kappa shape index (κ1) is 20.1. The SMILES string of the molecule is Cc1ccc(OCCOC[C@H](O)C[NH+]2CC[NH+](CCO)CC2)cc1C. The average Bonchev–Trinajstić information content (AvgIpc) is 2.60. The van der Waals surface area contributed by atoms with Crippen LogP contribution in [0.5, 0.6) is 5.75 Å². The van der Waals surface area contributed by atoms with Crippen molar-refractivity contribution in [3.05, 3.63) is 29.3 Å². The molecule has 1 aromatic rings. The zero-order valence-corrected chi connectivity index (χ0v) is 15.6. The Hall–Kier alpha value is -1.18. The number of aryl methyl sites for hydroxylation is 2. The second-order valence-electron chi connectivity index (χ2n) is 7.00. The van der Waals surface area contributed by atoms with Gasteiger partial charge in [0.25, 0.3) is 0 Å². The number of benzene rings is 1. The van der Waals surface area contributed by atoms with Crippen LogP contribution in [0, 0.1) is 13.8 Å². The maximum absolute atomic E-state index is 10.1. The van der Waals surface area contributed by atoms with E-state index in [9.17, 15) is 5.11 Å². The number of aliphatic hydroxyl groups is 2. The Kier molecular flexibility index (Phi) is 8.64. The van der Waals surface area contributed by atoms with Gasteiger partial charge in [0.05, 0.1) is 19.8 Å². The van der Waals surface area contributed by atoms with E-state index in [1.165, 1.54) is 20.9 Å². The number of nitrogens with one attached hydrogen (secondary N) is 2. The summed E-state index contributed by atoms with van der Waals surface area (Å²) in [6.45, 7) is 11.5. The summed E-state index contributed by atoms with van der Waals surface area (Å²) in [6, 6.07) is 6.06. The van der Waals surface area contributed by atoms with Crippen LogP contribution in [0.3, 0.4) is 0 Å². The van der Waals surface area contributed by atoms with E-state index in [0.29, 0.717) is 19.8 Å². The molecule has 1 atom stereocenters. The van der Waals surface area contributed by atoms with E-state index in [2.05, 4.69) is 19.9 Å². The van der Waals surface area contributed by atoms with Crippen molar-refractivity contribution in [2.75, 3.05) is 65.7 Å². The van der Waals surface area contributed by atoms with E-state index in [-0.39, 0.29) is 6.61 Å². The Morgan fingerprint density at radius 2 is 1.76 bits per heavy atom. The first-order valence-corrected chi connectivity index (χ1v) is 9.32. The molecule has 25 heavy (non-hydrogen) atoms. The monoisotopic (exact) mass is 354 g/mol. The molecule has 1 aromatic carbocycles. The van der Waals surface area contributed by atoms with Crippen molar-refractivity contribution in [1.82, 2.24) is 0 Å². The molecule has 6 nitrogen and oxygen atoms in total. The first-order chi connectivity index (χ1) is 12.1. The van der Waals surface area contributed by atoms with Crippen molar-refractivity contribution in [3.8, 4) is 5.75 Å². The fraction of sp³-hybridized carbons (Fsp3) is 0.684. The lowest BCUT2D eigenvalue weighted by Gasteiger charge is -2.30. The molecule has 0 radical (unpaired) electrons. The Bertz CT molecular complexity index is 504. The van der Waals surface area contributed by atoms with Crippen LogP contribution in [-0.4, -0.2) is 82.0 Å². The minimum absolute atomic E-state index is 0.255. The van der Waals surface area contributed by atoms with Gasteiger partial charge >= 0.3 is 0 Å². The summed E-state index contributed by atoms with van der Waals surface area (Å²) >= 11 is 0. The Morgan fingerprint density at radius 1 is 1.04 bits per heavy atom. The van der Waals surface area contributed by atoms with Gasteiger partial charge in [-0.2, -0.15) is 0 Å². The molecule has 4 N–H and O–H groups in total. The zero-order valence-electron chi connectivity index (χ0n) is 15.6. The molecule has 1 fully saturated rings. The van der Waals surface area contributed by atoms with Crippen LogP contribution in [0.25, 0.3) is 0 Å². The fourth-order valence-electron chi connectivity index (χ4n) is 3.20. The standard InChI is InChI=1S/C19H32N2O4/c1-16-3-4-19(13-17(16)2)25-12-11-24-15-18(23)14-21-7-5-20(6-8-21)9-10-22/h3-4,13,18,22-23H,5-12,14-15H2,1-2H3/p+2/t18-/m1/s1. The first-order valence-electron chi connectivity index (χ1n) is 9.32. The Balaban J connectivity index is 1.53. The molecule has 0 aliphatic carbocycles. The van der Waals surface area contributed by atoms with Crippen LogP contribution in [0.15, 0.2) is 18.2 Å². The lowest BCUT2D eigenvalue weighted by atomic mass is 10.1. The Morgan fingerprint density at radius 3 is 2.44 bits per heavy atom. The normalized spacial score (nSPS) is 21.9. The molecule has 1 aliphatic rings. The third-order valence-corrected chi connectivity index (χ3v) is 4.94. The van der Waals surface area contributed by atoms with Crippen LogP contribution < -0.4 is 14.5 Å². The maximum Gasteiger partial charge on any atom is 0.127 e. The van der Waals surface area contributed by atoms with Crippen LogP contribution in [-0.2, 0) is 4.74 Å². The molecule has 142 valence electrons. The summed E-state index contributed by atoms with van der Waals surface area (Å²) in [7, 11) is 0. The van der Waals surface area contributed by atoms with Crippen molar-refractivity contribution in [2.24, 2.45) is 0 Å². The maximum atomic E-state index is 10.1. The molecule has 0 aromatic heterocycles. The molecule has 0 unspecified atom stereocenters. The number of aliphatic hydroxyl groups excluding tert-OH is 2. The predicted molar refractivity (Wildman–Crippen MR) is 96.5 cm³/mol.